The molecular formula is C9H12O2. The van der Waals surface area contributed by atoms with Crippen molar-refractivity contribution in [2.24, 2.45) is 0 Å². The van der Waals surface area contributed by atoms with Crippen LogP contribution in [0.2, 0.25) is 0 Å². The highest BCUT2D eigenvalue weighted by molar-refractivity contribution is 6.08. The Kier molecular flexibility index (Phi) is 4.99. The SMILES string of the molecule is CC=CC(=O)CC(=O)C=CC. The molecule has 0 aliphatic rings. The lowest BCUT2D eigenvalue weighted by atomic mass is 10.2. The average molecular weight is 152 g/mol. The molecule has 0 aromatic rings. The van der Waals surface area contributed by atoms with Gasteiger partial charge in [-0.3, -0.25) is 9.59 Å². The number of carbonyl (C=O) groups excluding carboxylic acids is 2. The largest absolute Gasteiger partial charge is 0.294 e. The molecule has 0 unspecified atom stereocenters. The van der Waals surface area contributed by atoms with Gasteiger partial charge >= 0.3 is 0 Å². The number of allylic oxidation sites excluding steroid dienone is 4. The molecule has 60 valence electrons. The second-order valence-corrected chi connectivity index (χ2v) is 2.11. The molecule has 0 amide bonds. The summed E-state index contributed by atoms with van der Waals surface area (Å²) in [5.74, 6) is -0.286. The van der Waals surface area contributed by atoms with Gasteiger partial charge in [-0.1, -0.05) is 12.2 Å². The van der Waals surface area contributed by atoms with Gasteiger partial charge in [0.15, 0.2) is 11.6 Å². The molecular weight excluding hydrogens is 140 g/mol. The summed E-state index contributed by atoms with van der Waals surface area (Å²) in [7, 11) is 0. The van der Waals surface area contributed by atoms with Crippen molar-refractivity contribution in [3.8, 4) is 0 Å². The van der Waals surface area contributed by atoms with Crippen LogP contribution in [-0.4, -0.2) is 11.6 Å². The Morgan fingerprint density at radius 3 is 1.64 bits per heavy atom. The van der Waals surface area contributed by atoms with Gasteiger partial charge in [0.25, 0.3) is 0 Å². The van der Waals surface area contributed by atoms with Crippen LogP contribution < -0.4 is 0 Å². The third kappa shape index (κ3) is 5.27. The minimum absolute atomic E-state index is 0.0192. The molecule has 0 aromatic heterocycles. The molecule has 0 rings (SSSR count). The van der Waals surface area contributed by atoms with Crippen molar-refractivity contribution < 1.29 is 9.59 Å². The van der Waals surface area contributed by atoms with Gasteiger partial charge in [-0.15, -0.1) is 0 Å². The second kappa shape index (κ2) is 5.59. The lowest BCUT2D eigenvalue weighted by Gasteiger charge is -1.87. The van der Waals surface area contributed by atoms with E-state index in [0.717, 1.165) is 0 Å². The normalized spacial score (nSPS) is 11.1. The zero-order valence-corrected chi connectivity index (χ0v) is 6.83. The van der Waals surface area contributed by atoms with E-state index in [1.54, 1.807) is 26.0 Å². The van der Waals surface area contributed by atoms with Gasteiger partial charge < -0.3 is 0 Å². The number of carbonyl (C=O) groups is 2. The fraction of sp³-hybridized carbons (Fsp3) is 0.333. The summed E-state index contributed by atoms with van der Waals surface area (Å²) in [5, 5.41) is 0. The molecule has 0 saturated heterocycles. The van der Waals surface area contributed by atoms with Crippen LogP contribution in [-0.2, 0) is 9.59 Å². The number of rotatable bonds is 4. The Hall–Kier alpha value is -1.18. The van der Waals surface area contributed by atoms with E-state index in [1.807, 2.05) is 0 Å². The minimum atomic E-state index is -0.143. The molecule has 0 atom stereocenters. The van der Waals surface area contributed by atoms with Crippen LogP contribution in [0.5, 0.6) is 0 Å². The zero-order valence-electron chi connectivity index (χ0n) is 6.83. The molecule has 0 aromatic carbocycles. The Labute approximate surface area is 66.6 Å². The maximum Gasteiger partial charge on any atom is 0.163 e. The van der Waals surface area contributed by atoms with E-state index >= 15 is 0 Å². The van der Waals surface area contributed by atoms with Crippen molar-refractivity contribution in [2.45, 2.75) is 20.3 Å². The monoisotopic (exact) mass is 152 g/mol. The van der Waals surface area contributed by atoms with Crippen molar-refractivity contribution in [1.82, 2.24) is 0 Å². The van der Waals surface area contributed by atoms with Gasteiger partial charge in [0.2, 0.25) is 0 Å². The summed E-state index contributed by atoms with van der Waals surface area (Å²) in [6, 6.07) is 0. The number of hydrogen-bond donors (Lipinski definition) is 0. The van der Waals surface area contributed by atoms with E-state index < -0.39 is 0 Å². The van der Waals surface area contributed by atoms with Crippen molar-refractivity contribution >= 4 is 11.6 Å². The zero-order chi connectivity index (χ0) is 8.69. The number of ketones is 2. The summed E-state index contributed by atoms with van der Waals surface area (Å²) in [6.07, 6.45) is 6.05. The maximum atomic E-state index is 10.8. The highest BCUT2D eigenvalue weighted by atomic mass is 16.1. The summed E-state index contributed by atoms with van der Waals surface area (Å²) < 4.78 is 0. The van der Waals surface area contributed by atoms with Crippen molar-refractivity contribution in [1.29, 1.82) is 0 Å². The van der Waals surface area contributed by atoms with E-state index in [1.165, 1.54) is 12.2 Å². The lowest BCUT2D eigenvalue weighted by molar-refractivity contribution is -0.121. The lowest BCUT2D eigenvalue weighted by Crippen LogP contribution is -2.01. The maximum absolute atomic E-state index is 10.8. The molecule has 0 fully saturated rings. The molecule has 0 spiro atoms. The van der Waals surface area contributed by atoms with Crippen molar-refractivity contribution in [3.05, 3.63) is 24.3 Å². The molecule has 2 heteroatoms. The predicted octanol–water partition coefficient (Wildman–Crippen LogP) is 1.67. The van der Waals surface area contributed by atoms with Crippen LogP contribution in [0.1, 0.15) is 20.3 Å². The van der Waals surface area contributed by atoms with E-state index in [9.17, 15) is 9.59 Å². The highest BCUT2D eigenvalue weighted by Gasteiger charge is 2.01. The molecule has 0 aliphatic heterocycles. The topological polar surface area (TPSA) is 34.1 Å². The fourth-order valence-electron chi connectivity index (χ4n) is 0.661. The van der Waals surface area contributed by atoms with Crippen LogP contribution in [0.3, 0.4) is 0 Å². The highest BCUT2D eigenvalue weighted by Crippen LogP contribution is 1.89. The quantitative estimate of drug-likeness (QED) is 0.453. The van der Waals surface area contributed by atoms with E-state index in [0.29, 0.717) is 0 Å². The average Bonchev–Trinajstić information content (AvgIpc) is 1.87. The van der Waals surface area contributed by atoms with Gasteiger partial charge in [-0.2, -0.15) is 0 Å². The first-order valence-electron chi connectivity index (χ1n) is 3.51. The van der Waals surface area contributed by atoms with Gasteiger partial charge in [0.1, 0.15) is 0 Å². The molecule has 0 bridgehead atoms. The first-order chi connectivity index (χ1) is 5.20. The molecule has 0 heterocycles. The van der Waals surface area contributed by atoms with Gasteiger partial charge in [0, 0.05) is 0 Å². The first kappa shape index (κ1) is 9.82. The molecule has 0 N–H and O–H groups in total. The Morgan fingerprint density at radius 2 is 1.36 bits per heavy atom. The summed E-state index contributed by atoms with van der Waals surface area (Å²) >= 11 is 0. The summed E-state index contributed by atoms with van der Waals surface area (Å²) in [5.41, 5.74) is 0. The molecule has 11 heavy (non-hydrogen) atoms. The van der Waals surface area contributed by atoms with Crippen LogP contribution in [0.4, 0.5) is 0 Å². The van der Waals surface area contributed by atoms with Crippen LogP contribution >= 0.6 is 0 Å². The smallest absolute Gasteiger partial charge is 0.163 e. The third-order valence-electron chi connectivity index (χ3n) is 1.05. The predicted molar refractivity (Wildman–Crippen MR) is 44.3 cm³/mol. The fourth-order valence-corrected chi connectivity index (χ4v) is 0.661. The van der Waals surface area contributed by atoms with Crippen LogP contribution in [0.15, 0.2) is 24.3 Å². The standard InChI is InChI=1S/C9H12O2/c1-3-5-8(10)7-9(11)6-4-2/h3-6H,7H2,1-2H3. The van der Waals surface area contributed by atoms with E-state index in [2.05, 4.69) is 0 Å². The molecule has 0 aliphatic carbocycles. The first-order valence-corrected chi connectivity index (χ1v) is 3.51. The van der Waals surface area contributed by atoms with Crippen molar-refractivity contribution in [2.75, 3.05) is 0 Å². The van der Waals surface area contributed by atoms with Gasteiger partial charge in [-0.05, 0) is 26.0 Å². The molecule has 2 nitrogen and oxygen atoms in total. The summed E-state index contributed by atoms with van der Waals surface area (Å²) in [6.45, 7) is 3.50. The van der Waals surface area contributed by atoms with Gasteiger partial charge in [-0.25, -0.2) is 0 Å². The Balaban J connectivity index is 3.85. The third-order valence-corrected chi connectivity index (χ3v) is 1.05. The Bertz CT molecular complexity index is 178. The molecule has 0 radical (unpaired) electrons. The summed E-state index contributed by atoms with van der Waals surface area (Å²) in [4.78, 5) is 21.6. The second-order valence-electron chi connectivity index (χ2n) is 2.11. The Morgan fingerprint density at radius 1 is 1.00 bits per heavy atom. The van der Waals surface area contributed by atoms with Gasteiger partial charge in [0.05, 0.1) is 6.42 Å². The van der Waals surface area contributed by atoms with Crippen LogP contribution in [0, 0.1) is 0 Å². The van der Waals surface area contributed by atoms with Crippen LogP contribution in [0.25, 0.3) is 0 Å². The van der Waals surface area contributed by atoms with E-state index in [4.69, 9.17) is 0 Å². The van der Waals surface area contributed by atoms with E-state index in [-0.39, 0.29) is 18.0 Å². The minimum Gasteiger partial charge on any atom is -0.294 e. The molecule has 0 saturated carbocycles. The van der Waals surface area contributed by atoms with Crippen molar-refractivity contribution in [3.63, 3.8) is 0 Å². The number of hydrogen-bond acceptors (Lipinski definition) is 2.